The maximum absolute atomic E-state index is 11.8. The molecule has 0 spiro atoms. The van der Waals surface area contributed by atoms with E-state index in [1.54, 1.807) is 0 Å². The van der Waals surface area contributed by atoms with Crippen LogP contribution in [0.1, 0.15) is 58.3 Å². The van der Waals surface area contributed by atoms with Gasteiger partial charge in [-0.3, -0.25) is 4.79 Å². The number of nitrogens with two attached hydrogens (primary N) is 1. The number of carbonyl (C=O) groups is 3. The maximum atomic E-state index is 11.8. The molecule has 8 heteroatoms. The monoisotopic (exact) mass is 317 g/mol. The summed E-state index contributed by atoms with van der Waals surface area (Å²) in [6.07, 6.45) is 3.44. The van der Waals surface area contributed by atoms with Gasteiger partial charge in [0.15, 0.2) is 5.78 Å². The minimum atomic E-state index is -2.22. The summed E-state index contributed by atoms with van der Waals surface area (Å²) in [5, 5.41) is 21.3. The van der Waals surface area contributed by atoms with Crippen molar-refractivity contribution in [1.82, 2.24) is 0 Å². The smallest absolute Gasteiger partial charge is 0.550 e. The van der Waals surface area contributed by atoms with E-state index in [-0.39, 0.29) is 65.5 Å². The van der Waals surface area contributed by atoms with Crippen LogP contribution in [0.5, 0.6) is 0 Å². The van der Waals surface area contributed by atoms with Crippen molar-refractivity contribution in [2.45, 2.75) is 63.8 Å². The van der Waals surface area contributed by atoms with Crippen molar-refractivity contribution in [3.8, 4) is 0 Å². The standard InChI is InChI=1S/C13H23NO5.2Na/c1-2-3-4-5-6-7-10(15)13(14,12(18)19)9-8-11(16)17;;/h2-9,14H2,1H3,(H,16,17)(H,18,19);;/q;2*+1/p-2/t13-;;/m1../s1. The number of carbonyl (C=O) groups excluding carboxylic acids is 3. The van der Waals surface area contributed by atoms with Crippen LogP contribution in [0.4, 0.5) is 0 Å². The van der Waals surface area contributed by atoms with Crippen molar-refractivity contribution in [2.24, 2.45) is 5.73 Å². The van der Waals surface area contributed by atoms with E-state index in [0.29, 0.717) is 6.42 Å². The van der Waals surface area contributed by atoms with Crippen LogP contribution in [0.2, 0.25) is 0 Å². The number of Topliss-reactive ketones (excluding diaryl/α,β-unsaturated/α-hetero) is 1. The minimum absolute atomic E-state index is 0. The van der Waals surface area contributed by atoms with E-state index >= 15 is 0 Å². The fourth-order valence-electron chi connectivity index (χ4n) is 1.77. The van der Waals surface area contributed by atoms with Crippen LogP contribution < -0.4 is 75.1 Å². The average Bonchev–Trinajstić information content (AvgIpc) is 2.35. The van der Waals surface area contributed by atoms with Gasteiger partial charge in [0.25, 0.3) is 0 Å². The topological polar surface area (TPSA) is 123 Å². The van der Waals surface area contributed by atoms with E-state index in [0.717, 1.165) is 25.7 Å². The molecule has 0 saturated heterocycles. The first-order valence-electron chi connectivity index (χ1n) is 6.58. The Morgan fingerprint density at radius 1 is 0.952 bits per heavy atom. The number of carboxylic acid groups (broad SMARTS) is 2. The molecule has 0 fully saturated rings. The number of hydrogen-bond donors (Lipinski definition) is 1. The predicted octanol–water partition coefficient (Wildman–Crippen LogP) is -7.10. The van der Waals surface area contributed by atoms with Gasteiger partial charge in [-0.25, -0.2) is 0 Å². The molecule has 1 atom stereocenters. The molecule has 0 aliphatic heterocycles. The van der Waals surface area contributed by atoms with Gasteiger partial charge in [0.2, 0.25) is 0 Å². The van der Waals surface area contributed by atoms with Crippen molar-refractivity contribution >= 4 is 17.7 Å². The fraction of sp³-hybridized carbons (Fsp3) is 0.769. The van der Waals surface area contributed by atoms with Crippen LogP contribution in [0, 0.1) is 0 Å². The van der Waals surface area contributed by atoms with Crippen LogP contribution in [0.3, 0.4) is 0 Å². The zero-order valence-corrected chi connectivity index (χ0v) is 17.3. The van der Waals surface area contributed by atoms with Crippen LogP contribution in [0.25, 0.3) is 0 Å². The Bertz CT molecular complexity index is 339. The van der Waals surface area contributed by atoms with Crippen molar-refractivity contribution in [2.75, 3.05) is 0 Å². The second-order valence-corrected chi connectivity index (χ2v) is 4.72. The Balaban J connectivity index is -0.00000162. The number of rotatable bonds is 11. The Morgan fingerprint density at radius 3 is 1.90 bits per heavy atom. The van der Waals surface area contributed by atoms with Gasteiger partial charge in [0.05, 0.1) is 5.97 Å². The Kier molecular flexibility index (Phi) is 17.9. The molecule has 0 heterocycles. The first kappa shape index (κ1) is 26.5. The summed E-state index contributed by atoms with van der Waals surface area (Å²) in [5.74, 6) is -3.84. The third-order valence-corrected chi connectivity index (χ3v) is 3.09. The van der Waals surface area contributed by atoms with Gasteiger partial charge in [-0.15, -0.1) is 0 Å². The summed E-state index contributed by atoms with van der Waals surface area (Å²) < 4.78 is 0. The first-order valence-corrected chi connectivity index (χ1v) is 6.58. The molecule has 0 amide bonds. The molecule has 0 rings (SSSR count). The molecule has 0 radical (unpaired) electrons. The van der Waals surface area contributed by atoms with Gasteiger partial charge < -0.3 is 25.5 Å². The number of carboxylic acids is 2. The molecule has 0 aromatic heterocycles. The second-order valence-electron chi connectivity index (χ2n) is 4.72. The third kappa shape index (κ3) is 10.8. The third-order valence-electron chi connectivity index (χ3n) is 3.09. The van der Waals surface area contributed by atoms with E-state index in [2.05, 4.69) is 6.92 Å². The van der Waals surface area contributed by atoms with Gasteiger partial charge in [0.1, 0.15) is 5.54 Å². The zero-order valence-electron chi connectivity index (χ0n) is 13.3. The molecule has 0 aromatic rings. The molecule has 21 heavy (non-hydrogen) atoms. The zero-order chi connectivity index (χ0) is 14.9. The molecule has 0 saturated carbocycles. The van der Waals surface area contributed by atoms with E-state index < -0.39 is 36.1 Å². The molecule has 2 N–H and O–H groups in total. The molecule has 0 unspecified atom stereocenters. The number of unbranched alkanes of at least 4 members (excludes halogenated alkanes) is 4. The number of hydrogen-bond acceptors (Lipinski definition) is 6. The van der Waals surface area contributed by atoms with Gasteiger partial charge in [0, 0.05) is 12.4 Å². The molecule has 6 nitrogen and oxygen atoms in total. The van der Waals surface area contributed by atoms with Gasteiger partial charge in [-0.2, -0.15) is 0 Å². The largest absolute Gasteiger partial charge is 1.00 e. The molecule has 0 aromatic carbocycles. The number of ketones is 1. The molecule has 110 valence electrons. The van der Waals surface area contributed by atoms with E-state index in [4.69, 9.17) is 5.73 Å². The molecule has 0 aliphatic rings. The van der Waals surface area contributed by atoms with Crippen LogP contribution in [0.15, 0.2) is 0 Å². The Hall–Kier alpha value is 0.570. The second kappa shape index (κ2) is 14.2. The van der Waals surface area contributed by atoms with Gasteiger partial charge in [-0.05, 0) is 19.3 Å². The van der Waals surface area contributed by atoms with Crippen molar-refractivity contribution in [3.63, 3.8) is 0 Å². The fourth-order valence-corrected chi connectivity index (χ4v) is 1.77. The predicted molar refractivity (Wildman–Crippen MR) is 64.5 cm³/mol. The van der Waals surface area contributed by atoms with Crippen LogP contribution in [-0.4, -0.2) is 23.3 Å². The maximum Gasteiger partial charge on any atom is 1.00 e. The van der Waals surface area contributed by atoms with E-state index in [9.17, 15) is 24.6 Å². The van der Waals surface area contributed by atoms with Gasteiger partial charge in [-0.1, -0.05) is 32.6 Å². The van der Waals surface area contributed by atoms with Gasteiger partial charge >= 0.3 is 59.1 Å². The van der Waals surface area contributed by atoms with Crippen LogP contribution >= 0.6 is 0 Å². The summed E-state index contributed by atoms with van der Waals surface area (Å²) in [6, 6.07) is 0. The Morgan fingerprint density at radius 2 is 1.48 bits per heavy atom. The van der Waals surface area contributed by atoms with E-state index in [1.165, 1.54) is 0 Å². The van der Waals surface area contributed by atoms with Crippen molar-refractivity contribution in [1.29, 1.82) is 0 Å². The summed E-state index contributed by atoms with van der Waals surface area (Å²) >= 11 is 0. The Labute approximate surface area is 169 Å². The summed E-state index contributed by atoms with van der Waals surface area (Å²) in [4.78, 5) is 33.1. The normalized spacial score (nSPS) is 12.5. The summed E-state index contributed by atoms with van der Waals surface area (Å²) in [6.45, 7) is 2.06. The minimum Gasteiger partial charge on any atom is -0.550 e. The molecular formula is C13H21NNa2O5. The van der Waals surface area contributed by atoms with Crippen LogP contribution in [-0.2, 0) is 14.4 Å². The number of aliphatic carboxylic acids is 2. The quantitative estimate of drug-likeness (QED) is 0.229. The molecule has 0 aliphatic carbocycles. The molecular weight excluding hydrogens is 296 g/mol. The first-order chi connectivity index (χ1) is 8.84. The average molecular weight is 317 g/mol. The molecule has 0 bridgehead atoms. The van der Waals surface area contributed by atoms with E-state index in [1.807, 2.05) is 0 Å². The summed E-state index contributed by atoms with van der Waals surface area (Å²) in [5.41, 5.74) is 3.25. The van der Waals surface area contributed by atoms with Crippen molar-refractivity contribution < 1.29 is 83.7 Å². The SMILES string of the molecule is CCCCCCCC(=O)[C@](N)(CCC(=O)[O-])C(=O)[O-].[Na+].[Na+]. The van der Waals surface area contributed by atoms with Crippen molar-refractivity contribution in [3.05, 3.63) is 0 Å². The summed E-state index contributed by atoms with van der Waals surface area (Å²) in [7, 11) is 0.